The Labute approximate surface area is 165 Å². The van der Waals surface area contributed by atoms with Crippen LogP contribution in [0.25, 0.3) is 21.5 Å². The van der Waals surface area contributed by atoms with Crippen LogP contribution < -0.4 is 22.2 Å². The van der Waals surface area contributed by atoms with E-state index in [1.54, 1.807) is 0 Å². The van der Waals surface area contributed by atoms with Crippen molar-refractivity contribution in [1.29, 1.82) is 0 Å². The first kappa shape index (κ1) is 23.5. The fourth-order valence-corrected chi connectivity index (χ4v) is 3.16. The third-order valence-corrected chi connectivity index (χ3v) is 4.89. The predicted octanol–water partition coefficient (Wildman–Crippen LogP) is 3.52. The first-order chi connectivity index (χ1) is 13.2. The molecule has 6 heteroatoms. The van der Waals surface area contributed by atoms with E-state index in [9.17, 15) is 19.2 Å². The predicted molar refractivity (Wildman–Crippen MR) is 117 cm³/mol. The summed E-state index contributed by atoms with van der Waals surface area (Å²) in [6.07, 6.45) is 1.27. The lowest BCUT2D eigenvalue weighted by molar-refractivity contribution is 0.328. The molecule has 1 aromatic carbocycles. The third kappa shape index (κ3) is 3.60. The monoisotopic (exact) mass is 388 g/mol. The lowest BCUT2D eigenvalue weighted by Gasteiger charge is -2.22. The van der Waals surface area contributed by atoms with Crippen LogP contribution in [-0.2, 0) is 12.1 Å². The van der Waals surface area contributed by atoms with E-state index in [0.717, 1.165) is 0 Å². The molecule has 0 aliphatic heterocycles. The van der Waals surface area contributed by atoms with Crippen LogP contribution in [0, 0.1) is 0 Å². The maximum Gasteiger partial charge on any atom is 0.262 e. The molecular weight excluding hydrogens is 356 g/mol. The van der Waals surface area contributed by atoms with Crippen molar-refractivity contribution in [3.05, 3.63) is 53.5 Å². The number of rotatable bonds is 4. The highest BCUT2D eigenvalue weighted by atomic mass is 16.2. The molecule has 0 unspecified atom stereocenters. The Balaban J connectivity index is 0.000000921. The van der Waals surface area contributed by atoms with E-state index in [-0.39, 0.29) is 21.5 Å². The summed E-state index contributed by atoms with van der Waals surface area (Å²) < 4.78 is 2.40. The van der Waals surface area contributed by atoms with Crippen LogP contribution in [0.15, 0.2) is 31.3 Å². The molecule has 2 heterocycles. The van der Waals surface area contributed by atoms with Crippen LogP contribution in [0.1, 0.15) is 68.2 Å². The molecule has 0 spiro atoms. The topological polar surface area (TPSA) is 78.1 Å². The number of fused-ring (bicyclic) bond motifs is 2. The van der Waals surface area contributed by atoms with Gasteiger partial charge in [0.15, 0.2) is 0 Å². The van der Waals surface area contributed by atoms with Gasteiger partial charge in [0.05, 0.1) is 21.5 Å². The van der Waals surface area contributed by atoms with Gasteiger partial charge in [-0.2, -0.15) is 0 Å². The maximum absolute atomic E-state index is 12.7. The molecule has 28 heavy (non-hydrogen) atoms. The van der Waals surface area contributed by atoms with E-state index >= 15 is 0 Å². The Hall–Kier alpha value is -2.50. The number of nitrogens with zero attached hydrogens (tertiary/aromatic N) is 2. The largest absolute Gasteiger partial charge is 0.274 e. The summed E-state index contributed by atoms with van der Waals surface area (Å²) in [6, 6.07) is 2.82. The normalized spacial score (nSPS) is 11.1. The van der Waals surface area contributed by atoms with Gasteiger partial charge in [-0.25, -0.2) is 0 Å². The maximum atomic E-state index is 12.7. The molecule has 6 nitrogen and oxygen atoms in total. The molecule has 0 amide bonds. The Morgan fingerprint density at radius 1 is 0.714 bits per heavy atom. The summed E-state index contributed by atoms with van der Waals surface area (Å²) in [5, 5.41) is 0.841. The lowest BCUT2D eigenvalue weighted by atomic mass is 10.0. The van der Waals surface area contributed by atoms with Gasteiger partial charge < -0.3 is 0 Å². The minimum Gasteiger partial charge on any atom is -0.274 e. The van der Waals surface area contributed by atoms with Gasteiger partial charge in [0.2, 0.25) is 0 Å². The van der Waals surface area contributed by atoms with E-state index in [4.69, 9.17) is 0 Å². The molecule has 0 saturated carbocycles. The van der Waals surface area contributed by atoms with Gasteiger partial charge in [-0.05, 0) is 38.8 Å². The van der Waals surface area contributed by atoms with Crippen LogP contribution in [0.2, 0.25) is 0 Å². The van der Waals surface area contributed by atoms with Crippen molar-refractivity contribution in [2.24, 2.45) is 0 Å². The van der Waals surface area contributed by atoms with Crippen molar-refractivity contribution in [1.82, 2.24) is 9.13 Å². The van der Waals surface area contributed by atoms with E-state index in [1.165, 1.54) is 21.3 Å². The van der Waals surface area contributed by atoms with E-state index in [1.807, 2.05) is 55.4 Å². The SMILES string of the molecule is CC.CC.CCCn1c(=O)c2cc3c(=O)n(C(C)(C)CC)c(=O)c3cc2c1=O. The summed E-state index contributed by atoms with van der Waals surface area (Å²) in [7, 11) is 0. The zero-order valence-corrected chi connectivity index (χ0v) is 18.3. The Kier molecular flexibility index (Phi) is 7.67. The molecule has 2 aromatic heterocycles. The summed E-state index contributed by atoms with van der Waals surface area (Å²) >= 11 is 0. The van der Waals surface area contributed by atoms with Crippen LogP contribution in [-0.4, -0.2) is 9.13 Å². The lowest BCUT2D eigenvalue weighted by Crippen LogP contribution is -2.40. The van der Waals surface area contributed by atoms with Gasteiger partial charge in [0.1, 0.15) is 0 Å². The quantitative estimate of drug-likeness (QED) is 0.685. The highest BCUT2D eigenvalue weighted by Gasteiger charge is 2.26. The van der Waals surface area contributed by atoms with Crippen molar-refractivity contribution < 1.29 is 0 Å². The highest BCUT2D eigenvalue weighted by molar-refractivity contribution is 5.97. The van der Waals surface area contributed by atoms with Crippen molar-refractivity contribution in [3.8, 4) is 0 Å². The Morgan fingerprint density at radius 2 is 1.07 bits per heavy atom. The average Bonchev–Trinajstić information content (AvgIpc) is 3.10. The fourth-order valence-electron chi connectivity index (χ4n) is 3.16. The summed E-state index contributed by atoms with van der Waals surface area (Å²) in [6.45, 7) is 15.7. The third-order valence-electron chi connectivity index (χ3n) is 4.89. The van der Waals surface area contributed by atoms with Crippen LogP contribution in [0.5, 0.6) is 0 Å². The standard InChI is InChI=1S/C18H20N2O4.2C2H6/c1-5-7-19-14(21)10-8-12-13(9-11(10)15(19)22)17(24)20(16(12)23)18(3,4)6-2;2*1-2/h8-9H,5-7H2,1-4H3;2*1-2H3. The zero-order chi connectivity index (χ0) is 21.8. The second-order valence-electron chi connectivity index (χ2n) is 6.82. The van der Waals surface area contributed by atoms with Crippen molar-refractivity contribution in [2.75, 3.05) is 0 Å². The first-order valence-corrected chi connectivity index (χ1v) is 10.2. The van der Waals surface area contributed by atoms with Gasteiger partial charge >= 0.3 is 0 Å². The zero-order valence-electron chi connectivity index (χ0n) is 18.3. The molecule has 0 aliphatic carbocycles. The Morgan fingerprint density at radius 3 is 1.39 bits per heavy atom. The first-order valence-electron chi connectivity index (χ1n) is 10.2. The molecular formula is C22H32N2O4. The molecule has 0 saturated heterocycles. The number of aromatic nitrogens is 2. The van der Waals surface area contributed by atoms with E-state index < -0.39 is 27.8 Å². The van der Waals surface area contributed by atoms with Gasteiger partial charge in [0, 0.05) is 12.1 Å². The van der Waals surface area contributed by atoms with E-state index in [2.05, 4.69) is 0 Å². The Bertz CT molecular complexity index is 1080. The second kappa shape index (κ2) is 9.13. The molecule has 3 rings (SSSR count). The fraction of sp³-hybridized carbons (Fsp3) is 0.545. The minimum atomic E-state index is -0.625. The molecule has 0 bridgehead atoms. The molecule has 0 radical (unpaired) electrons. The average molecular weight is 389 g/mol. The smallest absolute Gasteiger partial charge is 0.262 e. The summed E-state index contributed by atoms with van der Waals surface area (Å²) in [4.78, 5) is 50.2. The molecule has 3 aromatic rings. The van der Waals surface area contributed by atoms with Crippen LogP contribution >= 0.6 is 0 Å². The molecule has 0 fully saturated rings. The summed E-state index contributed by atoms with van der Waals surface area (Å²) in [5.41, 5.74) is -2.22. The molecule has 0 atom stereocenters. The molecule has 0 N–H and O–H groups in total. The second-order valence-corrected chi connectivity index (χ2v) is 6.82. The van der Waals surface area contributed by atoms with Crippen molar-refractivity contribution >= 4 is 21.5 Å². The van der Waals surface area contributed by atoms with Gasteiger partial charge in [-0.3, -0.25) is 28.3 Å². The summed E-state index contributed by atoms with van der Waals surface area (Å²) in [5.74, 6) is 0. The van der Waals surface area contributed by atoms with Crippen molar-refractivity contribution in [3.63, 3.8) is 0 Å². The highest BCUT2D eigenvalue weighted by Crippen LogP contribution is 2.20. The van der Waals surface area contributed by atoms with E-state index in [0.29, 0.717) is 19.4 Å². The number of hydrogen-bond donors (Lipinski definition) is 0. The van der Waals surface area contributed by atoms with Gasteiger partial charge in [-0.15, -0.1) is 0 Å². The van der Waals surface area contributed by atoms with Crippen molar-refractivity contribution in [2.45, 2.75) is 80.3 Å². The number of benzene rings is 1. The van der Waals surface area contributed by atoms with Crippen LogP contribution in [0.4, 0.5) is 0 Å². The van der Waals surface area contributed by atoms with Gasteiger partial charge in [0.25, 0.3) is 22.2 Å². The minimum absolute atomic E-state index is 0.208. The van der Waals surface area contributed by atoms with Gasteiger partial charge in [-0.1, -0.05) is 41.5 Å². The molecule has 0 aliphatic rings. The van der Waals surface area contributed by atoms with Crippen LogP contribution in [0.3, 0.4) is 0 Å². The number of hydrogen-bond acceptors (Lipinski definition) is 4. The molecule has 154 valence electrons.